The standard InChI is InChI=1S/C19H26O/c1-2-19(20)12-11-17-16-8-7-13-5-3-4-6-14(13)15(16)9-10-18(17)19/h1,5,14-18,20H,3-4,6-12H2/t14-,15+,16+,17-,18-,19+/m0/s1. The van der Waals surface area contributed by atoms with Crippen LogP contribution in [0, 0.1) is 41.9 Å². The van der Waals surface area contributed by atoms with Gasteiger partial charge in [-0.05, 0) is 81.5 Å². The first-order chi connectivity index (χ1) is 9.73. The summed E-state index contributed by atoms with van der Waals surface area (Å²) in [5.41, 5.74) is 0.999. The van der Waals surface area contributed by atoms with Crippen molar-refractivity contribution in [3.05, 3.63) is 11.6 Å². The first-order valence-electron chi connectivity index (χ1n) is 8.62. The third-order valence-electron chi connectivity index (χ3n) is 7.04. The van der Waals surface area contributed by atoms with E-state index in [1.54, 1.807) is 5.57 Å². The molecule has 0 aliphatic heterocycles. The second-order valence-electron chi connectivity index (χ2n) is 7.64. The highest BCUT2D eigenvalue weighted by atomic mass is 16.3. The molecule has 0 radical (unpaired) electrons. The van der Waals surface area contributed by atoms with Gasteiger partial charge in [0.1, 0.15) is 5.60 Å². The third kappa shape index (κ3) is 1.74. The van der Waals surface area contributed by atoms with E-state index >= 15 is 0 Å². The van der Waals surface area contributed by atoms with Gasteiger partial charge in [0.05, 0.1) is 0 Å². The maximum absolute atomic E-state index is 10.7. The first kappa shape index (κ1) is 13.0. The molecule has 0 heterocycles. The van der Waals surface area contributed by atoms with E-state index in [9.17, 15) is 5.11 Å². The van der Waals surface area contributed by atoms with Gasteiger partial charge in [0, 0.05) is 5.92 Å². The SMILES string of the molecule is C#C[C@@]1(O)CC[C@H]2[C@@H]3CCC4=CCCC[C@@H]4[C@H]3CC[C@@H]21. The summed E-state index contributed by atoms with van der Waals surface area (Å²) < 4.78 is 0. The maximum atomic E-state index is 10.7. The third-order valence-corrected chi connectivity index (χ3v) is 7.04. The fourth-order valence-electron chi connectivity index (χ4n) is 6.18. The summed E-state index contributed by atoms with van der Waals surface area (Å²) in [6, 6.07) is 0. The topological polar surface area (TPSA) is 20.2 Å². The molecule has 0 aromatic rings. The Bertz CT molecular complexity index is 471. The van der Waals surface area contributed by atoms with Crippen molar-refractivity contribution in [1.82, 2.24) is 0 Å². The van der Waals surface area contributed by atoms with Gasteiger partial charge in [0.2, 0.25) is 0 Å². The molecule has 0 saturated heterocycles. The average molecular weight is 270 g/mol. The van der Waals surface area contributed by atoms with Gasteiger partial charge >= 0.3 is 0 Å². The van der Waals surface area contributed by atoms with Crippen LogP contribution in [0.3, 0.4) is 0 Å². The van der Waals surface area contributed by atoms with Crippen LogP contribution in [-0.2, 0) is 0 Å². The molecule has 108 valence electrons. The lowest BCUT2D eigenvalue weighted by Crippen LogP contribution is -2.45. The first-order valence-corrected chi connectivity index (χ1v) is 8.62. The van der Waals surface area contributed by atoms with Crippen molar-refractivity contribution < 1.29 is 5.11 Å². The Morgan fingerprint density at radius 1 is 1.10 bits per heavy atom. The minimum Gasteiger partial charge on any atom is -0.377 e. The van der Waals surface area contributed by atoms with E-state index < -0.39 is 5.60 Å². The fourth-order valence-corrected chi connectivity index (χ4v) is 6.18. The number of hydrogen-bond donors (Lipinski definition) is 1. The van der Waals surface area contributed by atoms with E-state index in [1.807, 2.05) is 0 Å². The van der Waals surface area contributed by atoms with Gasteiger partial charge < -0.3 is 5.11 Å². The zero-order valence-corrected chi connectivity index (χ0v) is 12.4. The lowest BCUT2D eigenvalue weighted by molar-refractivity contribution is -0.0189. The molecule has 20 heavy (non-hydrogen) atoms. The molecule has 0 bridgehead atoms. The zero-order chi connectivity index (χ0) is 13.7. The van der Waals surface area contributed by atoms with E-state index in [2.05, 4.69) is 12.0 Å². The van der Waals surface area contributed by atoms with Crippen LogP contribution in [0.4, 0.5) is 0 Å². The van der Waals surface area contributed by atoms with Gasteiger partial charge in [-0.1, -0.05) is 17.6 Å². The van der Waals surface area contributed by atoms with E-state index in [0.29, 0.717) is 11.8 Å². The summed E-state index contributed by atoms with van der Waals surface area (Å²) in [5, 5.41) is 10.7. The molecule has 0 unspecified atom stereocenters. The van der Waals surface area contributed by atoms with Crippen LogP contribution < -0.4 is 0 Å². The van der Waals surface area contributed by atoms with E-state index in [1.165, 1.54) is 38.5 Å². The van der Waals surface area contributed by atoms with Gasteiger partial charge in [-0.25, -0.2) is 0 Å². The molecule has 0 aromatic heterocycles. The smallest absolute Gasteiger partial charge is 0.128 e. The number of allylic oxidation sites excluding steroid dienone is 2. The number of aliphatic hydroxyl groups is 1. The van der Waals surface area contributed by atoms with E-state index in [0.717, 1.165) is 37.0 Å². The molecule has 6 atom stereocenters. The summed E-state index contributed by atoms with van der Waals surface area (Å²) in [7, 11) is 0. The predicted molar refractivity (Wildman–Crippen MR) is 80.9 cm³/mol. The summed E-state index contributed by atoms with van der Waals surface area (Å²) >= 11 is 0. The van der Waals surface area contributed by atoms with Crippen molar-refractivity contribution in [2.75, 3.05) is 0 Å². The molecule has 0 aromatic carbocycles. The molecule has 4 aliphatic carbocycles. The molecule has 1 heteroatoms. The second-order valence-corrected chi connectivity index (χ2v) is 7.64. The molecule has 4 aliphatic rings. The Morgan fingerprint density at radius 2 is 2.00 bits per heavy atom. The molecule has 0 spiro atoms. The molecule has 4 rings (SSSR count). The highest BCUT2D eigenvalue weighted by molar-refractivity contribution is 5.21. The summed E-state index contributed by atoms with van der Waals surface area (Å²) in [6.45, 7) is 0. The Kier molecular flexibility index (Phi) is 3.00. The van der Waals surface area contributed by atoms with Crippen molar-refractivity contribution in [1.29, 1.82) is 0 Å². The monoisotopic (exact) mass is 270 g/mol. The largest absolute Gasteiger partial charge is 0.377 e. The molecular weight excluding hydrogens is 244 g/mol. The lowest BCUT2D eigenvalue weighted by atomic mass is 9.55. The highest BCUT2D eigenvalue weighted by Gasteiger charge is 2.54. The molecule has 1 nitrogen and oxygen atoms in total. The zero-order valence-electron chi connectivity index (χ0n) is 12.4. The Morgan fingerprint density at radius 3 is 2.85 bits per heavy atom. The van der Waals surface area contributed by atoms with Crippen LogP contribution in [0.1, 0.15) is 57.8 Å². The average Bonchev–Trinajstić information content (AvgIpc) is 2.85. The minimum atomic E-state index is -0.779. The molecular formula is C19H26O. The predicted octanol–water partition coefficient (Wildman–Crippen LogP) is 3.92. The summed E-state index contributed by atoms with van der Waals surface area (Å²) in [6.07, 6.45) is 19.5. The molecule has 3 fully saturated rings. The molecule has 3 saturated carbocycles. The van der Waals surface area contributed by atoms with Crippen LogP contribution in [0.15, 0.2) is 11.6 Å². The summed E-state index contributed by atoms with van der Waals surface area (Å²) in [5.74, 6) is 6.46. The van der Waals surface area contributed by atoms with E-state index in [-0.39, 0.29) is 0 Å². The van der Waals surface area contributed by atoms with Crippen LogP contribution in [0.25, 0.3) is 0 Å². The van der Waals surface area contributed by atoms with Crippen molar-refractivity contribution in [2.45, 2.75) is 63.4 Å². The Labute approximate surface area is 122 Å². The minimum absolute atomic E-state index is 0.392. The van der Waals surface area contributed by atoms with Crippen molar-refractivity contribution in [2.24, 2.45) is 29.6 Å². The van der Waals surface area contributed by atoms with Crippen LogP contribution in [-0.4, -0.2) is 10.7 Å². The van der Waals surface area contributed by atoms with Gasteiger partial charge in [-0.3, -0.25) is 0 Å². The number of fused-ring (bicyclic) bond motifs is 5. The van der Waals surface area contributed by atoms with Gasteiger partial charge in [0.25, 0.3) is 0 Å². The normalized spacial score (nSPS) is 50.4. The van der Waals surface area contributed by atoms with Crippen LogP contribution in [0.2, 0.25) is 0 Å². The number of rotatable bonds is 0. The highest BCUT2D eigenvalue weighted by Crippen LogP contribution is 2.59. The fraction of sp³-hybridized carbons (Fsp3) is 0.789. The molecule has 1 N–H and O–H groups in total. The van der Waals surface area contributed by atoms with Gasteiger partial charge in [-0.15, -0.1) is 6.42 Å². The van der Waals surface area contributed by atoms with Gasteiger partial charge in [0.15, 0.2) is 0 Å². The Hall–Kier alpha value is -0.740. The number of terminal acetylenes is 1. The number of hydrogen-bond acceptors (Lipinski definition) is 1. The van der Waals surface area contributed by atoms with E-state index in [4.69, 9.17) is 6.42 Å². The van der Waals surface area contributed by atoms with Crippen LogP contribution in [0.5, 0.6) is 0 Å². The quantitative estimate of drug-likeness (QED) is 0.522. The van der Waals surface area contributed by atoms with Crippen LogP contribution >= 0.6 is 0 Å². The van der Waals surface area contributed by atoms with Crippen molar-refractivity contribution in [3.8, 4) is 12.3 Å². The maximum Gasteiger partial charge on any atom is 0.128 e. The second kappa shape index (κ2) is 4.63. The summed E-state index contributed by atoms with van der Waals surface area (Å²) in [4.78, 5) is 0. The Balaban J connectivity index is 1.60. The van der Waals surface area contributed by atoms with Crippen molar-refractivity contribution in [3.63, 3.8) is 0 Å². The molecule has 0 amide bonds. The van der Waals surface area contributed by atoms with Gasteiger partial charge in [-0.2, -0.15) is 0 Å². The lowest BCUT2D eigenvalue weighted by Gasteiger charge is -2.50. The van der Waals surface area contributed by atoms with Crippen molar-refractivity contribution >= 4 is 0 Å².